The van der Waals surface area contributed by atoms with Gasteiger partial charge in [0.15, 0.2) is 11.5 Å². The first-order chi connectivity index (χ1) is 7.65. The smallest absolute Gasteiger partial charge is 0.358 e. The molecule has 0 saturated carbocycles. The molecule has 6 heteroatoms. The van der Waals surface area contributed by atoms with Crippen LogP contribution in [0, 0.1) is 5.92 Å². The molecule has 0 amide bonds. The van der Waals surface area contributed by atoms with Crippen molar-refractivity contribution in [1.82, 2.24) is 9.97 Å². The molecule has 0 aromatic carbocycles. The van der Waals surface area contributed by atoms with Crippen LogP contribution >= 0.6 is 0 Å². The number of anilines is 1. The lowest BCUT2D eigenvalue weighted by Crippen LogP contribution is -2.18. The fourth-order valence-corrected chi connectivity index (χ4v) is 1.24. The van der Waals surface area contributed by atoms with Crippen LogP contribution in [0.25, 0.3) is 0 Å². The zero-order chi connectivity index (χ0) is 12.0. The largest absolute Gasteiger partial charge is 0.476 e. The highest BCUT2D eigenvalue weighted by Crippen LogP contribution is 2.08. The second kappa shape index (κ2) is 6.02. The number of aromatic carboxylic acids is 1. The summed E-state index contributed by atoms with van der Waals surface area (Å²) in [5.41, 5.74) is -0.0629. The van der Waals surface area contributed by atoms with Crippen molar-refractivity contribution < 1.29 is 14.6 Å². The Kier molecular flexibility index (Phi) is 4.65. The predicted octanol–water partition coefficient (Wildman–Crippen LogP) is 0.869. The predicted molar refractivity (Wildman–Crippen MR) is 58.5 cm³/mol. The minimum absolute atomic E-state index is 0.0629. The van der Waals surface area contributed by atoms with Crippen LogP contribution in [-0.4, -0.2) is 41.3 Å². The molecule has 1 aromatic rings. The highest BCUT2D eigenvalue weighted by molar-refractivity contribution is 5.90. The summed E-state index contributed by atoms with van der Waals surface area (Å²) < 4.78 is 4.98. The molecule has 1 unspecified atom stereocenters. The number of carboxylic acid groups (broad SMARTS) is 1. The van der Waals surface area contributed by atoms with E-state index in [1.165, 1.54) is 12.4 Å². The van der Waals surface area contributed by atoms with Crippen molar-refractivity contribution in [2.45, 2.75) is 6.92 Å². The molecule has 16 heavy (non-hydrogen) atoms. The van der Waals surface area contributed by atoms with Crippen molar-refractivity contribution in [3.63, 3.8) is 0 Å². The van der Waals surface area contributed by atoms with Crippen molar-refractivity contribution >= 4 is 11.8 Å². The van der Waals surface area contributed by atoms with E-state index < -0.39 is 5.97 Å². The molecule has 0 saturated heterocycles. The van der Waals surface area contributed by atoms with Gasteiger partial charge in [0.2, 0.25) is 0 Å². The Bertz CT molecular complexity index is 357. The van der Waals surface area contributed by atoms with E-state index in [-0.39, 0.29) is 17.4 Å². The van der Waals surface area contributed by atoms with Crippen molar-refractivity contribution in [2.24, 2.45) is 5.92 Å². The lowest BCUT2D eigenvalue weighted by Gasteiger charge is -2.12. The van der Waals surface area contributed by atoms with Gasteiger partial charge < -0.3 is 15.2 Å². The van der Waals surface area contributed by atoms with Crippen molar-refractivity contribution in [3.05, 3.63) is 18.1 Å². The number of carboxylic acids is 1. The van der Waals surface area contributed by atoms with Crippen LogP contribution in [0.4, 0.5) is 5.82 Å². The van der Waals surface area contributed by atoms with E-state index in [9.17, 15) is 4.79 Å². The molecule has 0 fully saturated rings. The zero-order valence-electron chi connectivity index (χ0n) is 9.30. The zero-order valence-corrected chi connectivity index (χ0v) is 9.30. The number of carbonyl (C=O) groups is 1. The maximum atomic E-state index is 10.8. The van der Waals surface area contributed by atoms with Crippen molar-refractivity contribution in [1.29, 1.82) is 0 Å². The third-order valence-corrected chi connectivity index (χ3v) is 1.97. The van der Waals surface area contributed by atoms with Gasteiger partial charge in [0, 0.05) is 26.0 Å². The summed E-state index contributed by atoms with van der Waals surface area (Å²) in [5.74, 6) is -0.526. The lowest BCUT2D eigenvalue weighted by atomic mass is 10.2. The maximum Gasteiger partial charge on any atom is 0.358 e. The van der Waals surface area contributed by atoms with Gasteiger partial charge in [-0.05, 0) is 5.92 Å². The lowest BCUT2D eigenvalue weighted by molar-refractivity contribution is 0.0691. The first kappa shape index (κ1) is 12.4. The number of methoxy groups -OCH3 is 1. The van der Waals surface area contributed by atoms with Crippen molar-refractivity contribution in [2.75, 3.05) is 25.6 Å². The number of ether oxygens (including phenoxy) is 1. The number of rotatable bonds is 6. The summed E-state index contributed by atoms with van der Waals surface area (Å²) in [4.78, 5) is 18.5. The highest BCUT2D eigenvalue weighted by Gasteiger charge is 2.12. The van der Waals surface area contributed by atoms with E-state index in [0.29, 0.717) is 13.2 Å². The van der Waals surface area contributed by atoms with Gasteiger partial charge in [-0.15, -0.1) is 0 Å². The van der Waals surface area contributed by atoms with Gasteiger partial charge in [-0.1, -0.05) is 6.92 Å². The molecule has 6 nitrogen and oxygen atoms in total. The van der Waals surface area contributed by atoms with E-state index >= 15 is 0 Å². The summed E-state index contributed by atoms with van der Waals surface area (Å²) in [7, 11) is 1.63. The second-order valence-electron chi connectivity index (χ2n) is 3.50. The summed E-state index contributed by atoms with van der Waals surface area (Å²) in [5, 5.41) is 11.8. The maximum absolute atomic E-state index is 10.8. The van der Waals surface area contributed by atoms with Gasteiger partial charge in [0.1, 0.15) is 0 Å². The summed E-state index contributed by atoms with van der Waals surface area (Å²) in [6.07, 6.45) is 2.81. The Morgan fingerprint density at radius 2 is 2.25 bits per heavy atom. The molecule has 1 atom stereocenters. The molecular formula is C10H15N3O3. The first-order valence-electron chi connectivity index (χ1n) is 4.92. The average Bonchev–Trinajstić information content (AvgIpc) is 2.27. The molecule has 0 bridgehead atoms. The van der Waals surface area contributed by atoms with E-state index in [0.717, 1.165) is 0 Å². The Hall–Kier alpha value is -1.69. The molecule has 0 aliphatic carbocycles. The van der Waals surface area contributed by atoms with Crippen LogP contribution in [-0.2, 0) is 4.74 Å². The molecular weight excluding hydrogens is 210 g/mol. The first-order valence-corrected chi connectivity index (χ1v) is 4.92. The highest BCUT2D eigenvalue weighted by atomic mass is 16.5. The number of nitrogens with one attached hydrogen (secondary N) is 1. The van der Waals surface area contributed by atoms with Gasteiger partial charge in [0.25, 0.3) is 0 Å². The van der Waals surface area contributed by atoms with Crippen LogP contribution in [0.2, 0.25) is 0 Å². The molecule has 1 aromatic heterocycles. The van der Waals surface area contributed by atoms with Crippen LogP contribution in [0.3, 0.4) is 0 Å². The molecule has 88 valence electrons. The number of hydrogen-bond donors (Lipinski definition) is 2. The minimum Gasteiger partial charge on any atom is -0.476 e. The third-order valence-electron chi connectivity index (χ3n) is 1.97. The van der Waals surface area contributed by atoms with E-state index in [2.05, 4.69) is 15.3 Å². The Balaban J connectivity index is 2.63. The van der Waals surface area contributed by atoms with Crippen LogP contribution < -0.4 is 5.32 Å². The Morgan fingerprint density at radius 3 is 2.88 bits per heavy atom. The number of nitrogens with zero attached hydrogens (tertiary/aromatic N) is 2. The Labute approximate surface area is 93.7 Å². The quantitative estimate of drug-likeness (QED) is 0.747. The summed E-state index contributed by atoms with van der Waals surface area (Å²) >= 11 is 0. The number of hydrogen-bond acceptors (Lipinski definition) is 5. The van der Waals surface area contributed by atoms with E-state index in [1.54, 1.807) is 7.11 Å². The second-order valence-corrected chi connectivity index (χ2v) is 3.50. The molecule has 2 N–H and O–H groups in total. The molecule has 1 rings (SSSR count). The summed E-state index contributed by atoms with van der Waals surface area (Å²) in [6.45, 7) is 3.19. The normalized spacial score (nSPS) is 12.1. The van der Waals surface area contributed by atoms with Gasteiger partial charge >= 0.3 is 5.97 Å². The Morgan fingerprint density at radius 1 is 1.56 bits per heavy atom. The van der Waals surface area contributed by atoms with Crippen LogP contribution in [0.1, 0.15) is 17.4 Å². The van der Waals surface area contributed by atoms with Gasteiger partial charge in [-0.2, -0.15) is 0 Å². The minimum atomic E-state index is -1.09. The van der Waals surface area contributed by atoms with E-state index in [1.807, 2.05) is 6.92 Å². The van der Waals surface area contributed by atoms with E-state index in [4.69, 9.17) is 9.84 Å². The van der Waals surface area contributed by atoms with Crippen LogP contribution in [0.15, 0.2) is 12.4 Å². The fourth-order valence-electron chi connectivity index (χ4n) is 1.24. The van der Waals surface area contributed by atoms with Crippen LogP contribution in [0.5, 0.6) is 0 Å². The summed E-state index contributed by atoms with van der Waals surface area (Å²) in [6, 6.07) is 0. The topological polar surface area (TPSA) is 84.3 Å². The van der Waals surface area contributed by atoms with Gasteiger partial charge in [0.05, 0.1) is 6.61 Å². The molecule has 0 aliphatic heterocycles. The van der Waals surface area contributed by atoms with Gasteiger partial charge in [-0.25, -0.2) is 14.8 Å². The average molecular weight is 225 g/mol. The standard InChI is InChI=1S/C10H15N3O3/c1-7(6-16-2)5-13-9-8(10(14)15)11-3-4-12-9/h3-4,7H,5-6H2,1-2H3,(H,12,13)(H,14,15). The molecule has 0 spiro atoms. The number of aromatic nitrogens is 2. The fraction of sp³-hybridized carbons (Fsp3) is 0.500. The monoisotopic (exact) mass is 225 g/mol. The molecule has 0 aliphatic rings. The van der Waals surface area contributed by atoms with Crippen molar-refractivity contribution in [3.8, 4) is 0 Å². The molecule has 1 heterocycles. The van der Waals surface area contributed by atoms with Gasteiger partial charge in [-0.3, -0.25) is 0 Å². The SMILES string of the molecule is COCC(C)CNc1nccnc1C(=O)O. The molecule has 0 radical (unpaired) electrons. The third kappa shape index (κ3) is 3.47.